The van der Waals surface area contributed by atoms with Crippen LogP contribution in [0.15, 0.2) is 47.5 Å². The van der Waals surface area contributed by atoms with Crippen LogP contribution >= 0.6 is 0 Å². The van der Waals surface area contributed by atoms with Gasteiger partial charge in [0.05, 0.1) is 18.7 Å². The minimum absolute atomic E-state index is 0.263. The molecule has 0 saturated carbocycles. The Morgan fingerprint density at radius 3 is 2.52 bits per heavy atom. The Hall–Kier alpha value is -3.01. The molecule has 0 radical (unpaired) electrons. The Morgan fingerprint density at radius 2 is 1.77 bits per heavy atom. The number of rotatable bonds is 3. The normalized spacial score (nSPS) is 20.6. The largest absolute Gasteiger partial charge is 0.497 e. The Labute approximate surface area is 184 Å². The van der Waals surface area contributed by atoms with Crippen LogP contribution in [-0.4, -0.2) is 25.6 Å². The summed E-state index contributed by atoms with van der Waals surface area (Å²) in [6, 6.07) is 14.9. The molecule has 0 N–H and O–H groups in total. The second-order valence-electron chi connectivity index (χ2n) is 9.29. The quantitative estimate of drug-likeness (QED) is 0.493. The molecule has 3 aromatic carbocycles. The molecule has 1 unspecified atom stereocenters. The first-order chi connectivity index (χ1) is 14.8. The van der Waals surface area contributed by atoms with Crippen LogP contribution in [-0.2, 0) is 5.41 Å². The summed E-state index contributed by atoms with van der Waals surface area (Å²) >= 11 is 0. The van der Waals surface area contributed by atoms with Crippen LogP contribution in [0.25, 0.3) is 10.8 Å². The van der Waals surface area contributed by atoms with Crippen LogP contribution in [0.4, 0.5) is 11.4 Å². The summed E-state index contributed by atoms with van der Waals surface area (Å²) in [5.74, 6) is 1.64. The van der Waals surface area contributed by atoms with Gasteiger partial charge in [-0.05, 0) is 80.5 Å². The fraction of sp³-hybridized carbons (Fsp3) is 0.370. The number of methoxy groups -OCH3 is 1. The van der Waals surface area contributed by atoms with E-state index in [1.807, 2.05) is 18.3 Å². The molecule has 0 amide bonds. The van der Waals surface area contributed by atoms with Crippen LogP contribution in [0, 0.1) is 13.8 Å². The fourth-order valence-corrected chi connectivity index (χ4v) is 5.11. The summed E-state index contributed by atoms with van der Waals surface area (Å²) in [7, 11) is 1.69. The van der Waals surface area contributed by atoms with E-state index in [9.17, 15) is 0 Å². The standard InChI is InChI=1S/C27H30N2O2/c1-7-12-29-23-14-18(3)17(2)13-22(23)26(4,5)27(29)16-28-25-21-15-20(30-6)10-8-19(21)9-11-24(25)31-27/h8-11,13-16H,7,12H2,1-6H3. The van der Waals surface area contributed by atoms with Crippen molar-refractivity contribution in [1.82, 2.24) is 0 Å². The van der Waals surface area contributed by atoms with Crippen molar-refractivity contribution in [3.63, 3.8) is 0 Å². The van der Waals surface area contributed by atoms with Gasteiger partial charge in [-0.2, -0.15) is 0 Å². The molecule has 4 nitrogen and oxygen atoms in total. The third-order valence-electron chi connectivity index (χ3n) is 7.12. The van der Waals surface area contributed by atoms with E-state index in [2.05, 4.69) is 69.9 Å². The smallest absolute Gasteiger partial charge is 0.228 e. The lowest BCUT2D eigenvalue weighted by Gasteiger charge is -2.46. The third kappa shape index (κ3) is 2.63. The van der Waals surface area contributed by atoms with Gasteiger partial charge in [0.25, 0.3) is 0 Å². The number of nitrogens with zero attached hydrogens (tertiary/aromatic N) is 2. The van der Waals surface area contributed by atoms with E-state index in [4.69, 9.17) is 14.5 Å². The van der Waals surface area contributed by atoms with Gasteiger partial charge in [0.2, 0.25) is 5.72 Å². The van der Waals surface area contributed by atoms with E-state index in [0.717, 1.165) is 40.9 Å². The second kappa shape index (κ2) is 6.74. The number of aryl methyl sites for hydroxylation is 2. The molecule has 0 aromatic heterocycles. The number of hydrogen-bond acceptors (Lipinski definition) is 4. The fourth-order valence-electron chi connectivity index (χ4n) is 5.11. The molecule has 2 heterocycles. The molecule has 0 aliphatic carbocycles. The van der Waals surface area contributed by atoms with Crippen molar-refractivity contribution < 1.29 is 9.47 Å². The summed E-state index contributed by atoms with van der Waals surface area (Å²) in [4.78, 5) is 7.45. The minimum Gasteiger partial charge on any atom is -0.497 e. The molecule has 2 aliphatic rings. The van der Waals surface area contributed by atoms with Crippen molar-refractivity contribution in [2.75, 3.05) is 18.6 Å². The zero-order chi connectivity index (χ0) is 22.0. The molecule has 0 bridgehead atoms. The Morgan fingerprint density at radius 1 is 1.03 bits per heavy atom. The molecule has 1 spiro atoms. The van der Waals surface area contributed by atoms with Crippen LogP contribution < -0.4 is 14.4 Å². The highest BCUT2D eigenvalue weighted by Crippen LogP contribution is 2.55. The molecule has 3 aromatic rings. The topological polar surface area (TPSA) is 34.1 Å². The lowest BCUT2D eigenvalue weighted by atomic mass is 9.77. The molecule has 160 valence electrons. The van der Waals surface area contributed by atoms with Crippen LogP contribution in [0.1, 0.15) is 43.9 Å². The van der Waals surface area contributed by atoms with Crippen molar-refractivity contribution in [2.45, 2.75) is 52.2 Å². The van der Waals surface area contributed by atoms with Gasteiger partial charge in [-0.1, -0.05) is 25.1 Å². The SMILES string of the molecule is CCCN1c2cc(C)c(C)cc2C(C)(C)C12C=Nc1c(ccc3ccc(OC)cc13)O2. The molecular weight excluding hydrogens is 384 g/mol. The average Bonchev–Trinajstić information content (AvgIpc) is 2.92. The number of aliphatic imine (C=N–C) groups is 1. The predicted octanol–water partition coefficient (Wildman–Crippen LogP) is 6.46. The van der Waals surface area contributed by atoms with Crippen LogP contribution in [0.3, 0.4) is 0 Å². The first-order valence-corrected chi connectivity index (χ1v) is 11.1. The maximum atomic E-state index is 6.94. The average molecular weight is 415 g/mol. The number of ether oxygens (including phenoxy) is 2. The molecule has 0 fully saturated rings. The number of benzene rings is 3. The Balaban J connectivity index is 1.71. The highest BCUT2D eigenvalue weighted by Gasteiger charge is 2.59. The van der Waals surface area contributed by atoms with Crippen LogP contribution in [0.5, 0.6) is 11.5 Å². The number of anilines is 1. The molecule has 4 heteroatoms. The summed E-state index contributed by atoms with van der Waals surface area (Å²) in [6.07, 6.45) is 3.07. The van der Waals surface area contributed by atoms with Gasteiger partial charge in [-0.3, -0.25) is 4.99 Å². The van der Waals surface area contributed by atoms with Gasteiger partial charge in [0, 0.05) is 17.6 Å². The molecule has 1 atom stereocenters. The van der Waals surface area contributed by atoms with Crippen LogP contribution in [0.2, 0.25) is 0 Å². The van der Waals surface area contributed by atoms with E-state index in [0.29, 0.717) is 0 Å². The van der Waals surface area contributed by atoms with Crippen molar-refractivity contribution in [1.29, 1.82) is 0 Å². The highest BCUT2D eigenvalue weighted by molar-refractivity contribution is 6.00. The van der Waals surface area contributed by atoms with E-state index in [-0.39, 0.29) is 5.41 Å². The minimum atomic E-state index is -0.662. The summed E-state index contributed by atoms with van der Waals surface area (Å²) in [5.41, 5.74) is 5.14. The first kappa shape index (κ1) is 19.9. The van der Waals surface area contributed by atoms with Gasteiger partial charge >= 0.3 is 0 Å². The van der Waals surface area contributed by atoms with E-state index in [1.54, 1.807) is 7.11 Å². The molecule has 5 rings (SSSR count). The van der Waals surface area contributed by atoms with Crippen molar-refractivity contribution in [2.24, 2.45) is 4.99 Å². The van der Waals surface area contributed by atoms with Crippen molar-refractivity contribution in [3.05, 3.63) is 59.2 Å². The molecular formula is C27H30N2O2. The van der Waals surface area contributed by atoms with E-state index < -0.39 is 5.72 Å². The van der Waals surface area contributed by atoms with Crippen molar-refractivity contribution >= 4 is 28.4 Å². The summed E-state index contributed by atoms with van der Waals surface area (Å²) in [5, 5.41) is 2.17. The zero-order valence-electron chi connectivity index (χ0n) is 19.2. The van der Waals surface area contributed by atoms with Gasteiger partial charge < -0.3 is 14.4 Å². The van der Waals surface area contributed by atoms with Gasteiger partial charge in [0.1, 0.15) is 17.2 Å². The zero-order valence-corrected chi connectivity index (χ0v) is 19.2. The monoisotopic (exact) mass is 414 g/mol. The van der Waals surface area contributed by atoms with Gasteiger partial charge in [-0.25, -0.2) is 0 Å². The lowest BCUT2D eigenvalue weighted by Crippen LogP contribution is -2.62. The first-order valence-electron chi connectivity index (χ1n) is 11.1. The maximum absolute atomic E-state index is 6.94. The van der Waals surface area contributed by atoms with Gasteiger partial charge in [-0.15, -0.1) is 0 Å². The van der Waals surface area contributed by atoms with Crippen molar-refractivity contribution in [3.8, 4) is 11.5 Å². The molecule has 31 heavy (non-hydrogen) atoms. The lowest BCUT2D eigenvalue weighted by molar-refractivity contribution is 0.0778. The molecule has 2 aliphatic heterocycles. The summed E-state index contributed by atoms with van der Waals surface area (Å²) in [6.45, 7) is 12.0. The molecule has 0 saturated heterocycles. The third-order valence-corrected chi connectivity index (χ3v) is 7.12. The predicted molar refractivity (Wildman–Crippen MR) is 129 cm³/mol. The Bertz CT molecular complexity index is 1230. The number of fused-ring (bicyclic) bond motifs is 4. The number of hydrogen-bond donors (Lipinski definition) is 0. The highest BCUT2D eigenvalue weighted by atomic mass is 16.5. The second-order valence-corrected chi connectivity index (χ2v) is 9.29. The van der Waals surface area contributed by atoms with E-state index in [1.165, 1.54) is 22.4 Å². The summed E-state index contributed by atoms with van der Waals surface area (Å²) < 4.78 is 12.4. The van der Waals surface area contributed by atoms with E-state index >= 15 is 0 Å². The Kier molecular flexibility index (Phi) is 4.34. The maximum Gasteiger partial charge on any atom is 0.228 e. The van der Waals surface area contributed by atoms with Gasteiger partial charge in [0.15, 0.2) is 0 Å².